The third-order valence-corrected chi connectivity index (χ3v) is 2.64. The second-order valence-corrected chi connectivity index (χ2v) is 4.02. The zero-order chi connectivity index (χ0) is 12.1. The quantitative estimate of drug-likeness (QED) is 0.898. The summed E-state index contributed by atoms with van der Waals surface area (Å²) in [6.07, 6.45) is 2.12. The third-order valence-electron chi connectivity index (χ3n) is 2.64. The summed E-state index contributed by atoms with van der Waals surface area (Å²) in [6.45, 7) is 3.49. The van der Waals surface area contributed by atoms with Crippen LogP contribution in [0, 0.1) is 5.41 Å². The van der Waals surface area contributed by atoms with Crippen molar-refractivity contribution in [3.8, 4) is 0 Å². The summed E-state index contributed by atoms with van der Waals surface area (Å²) in [5.41, 5.74) is 1.50. The Morgan fingerprint density at radius 2 is 1.78 bits per heavy atom. The number of nitrogens with one attached hydrogen (secondary N) is 1. The Morgan fingerprint density at radius 1 is 1.11 bits per heavy atom. The Kier molecular flexibility index (Phi) is 5.58. The normalized spacial score (nSPS) is 10.1. The van der Waals surface area contributed by atoms with E-state index in [1.165, 1.54) is 0 Å². The summed E-state index contributed by atoms with van der Waals surface area (Å²) in [5, 5.41) is 16.0. The molecule has 0 radical (unpaired) electrons. The van der Waals surface area contributed by atoms with Crippen LogP contribution in [0.2, 0.25) is 0 Å². The first-order valence-electron chi connectivity index (χ1n) is 5.90. The minimum Gasteiger partial charge on any atom is -0.266 e. The standard InChI is InChI=1S/C12H17N5.ClH/c1-2-3-9-16-12(13)17(15-14-16)10-11-7-5-4-6-8-11;/h4-8,13H,2-3,9-10H2,1H3;1H. The lowest BCUT2D eigenvalue weighted by Crippen LogP contribution is -2.26. The highest BCUT2D eigenvalue weighted by molar-refractivity contribution is 5.85. The number of rotatable bonds is 5. The number of halogens is 1. The topological polar surface area (TPSA) is 59.5 Å². The van der Waals surface area contributed by atoms with Crippen LogP contribution in [0.5, 0.6) is 0 Å². The van der Waals surface area contributed by atoms with E-state index in [0.717, 1.165) is 24.9 Å². The molecule has 18 heavy (non-hydrogen) atoms. The van der Waals surface area contributed by atoms with E-state index >= 15 is 0 Å². The number of aromatic nitrogens is 4. The average molecular weight is 268 g/mol. The van der Waals surface area contributed by atoms with Crippen LogP contribution >= 0.6 is 12.4 Å². The SMILES string of the molecule is CCCCn1nnn(Cc2ccccc2)c1=N.Cl. The third kappa shape index (κ3) is 3.43. The highest BCUT2D eigenvalue weighted by Crippen LogP contribution is 1.98. The van der Waals surface area contributed by atoms with Gasteiger partial charge >= 0.3 is 0 Å². The van der Waals surface area contributed by atoms with Crippen LogP contribution in [0.4, 0.5) is 0 Å². The molecule has 0 fully saturated rings. The molecule has 2 aromatic rings. The van der Waals surface area contributed by atoms with Gasteiger partial charge in [0.25, 0.3) is 0 Å². The van der Waals surface area contributed by atoms with Gasteiger partial charge in [-0.1, -0.05) is 43.7 Å². The zero-order valence-corrected chi connectivity index (χ0v) is 11.2. The number of hydrogen-bond donors (Lipinski definition) is 1. The monoisotopic (exact) mass is 267 g/mol. The van der Waals surface area contributed by atoms with E-state index in [1.807, 2.05) is 30.3 Å². The van der Waals surface area contributed by atoms with E-state index in [4.69, 9.17) is 5.41 Å². The Morgan fingerprint density at radius 3 is 2.44 bits per heavy atom. The van der Waals surface area contributed by atoms with Crippen LogP contribution in [0.3, 0.4) is 0 Å². The zero-order valence-electron chi connectivity index (χ0n) is 10.4. The van der Waals surface area contributed by atoms with Gasteiger partial charge < -0.3 is 0 Å². The molecule has 6 heteroatoms. The summed E-state index contributed by atoms with van der Waals surface area (Å²) < 4.78 is 3.26. The lowest BCUT2D eigenvalue weighted by Gasteiger charge is -2.00. The number of nitrogens with zero attached hydrogens (tertiary/aromatic N) is 4. The molecular weight excluding hydrogens is 250 g/mol. The number of aryl methyl sites for hydroxylation is 1. The van der Waals surface area contributed by atoms with Gasteiger partial charge in [0.2, 0.25) is 5.62 Å². The molecule has 1 heterocycles. The van der Waals surface area contributed by atoms with E-state index in [2.05, 4.69) is 17.4 Å². The first-order chi connectivity index (χ1) is 8.31. The summed E-state index contributed by atoms with van der Waals surface area (Å²) in [6, 6.07) is 10.0. The van der Waals surface area contributed by atoms with Crippen molar-refractivity contribution >= 4 is 12.4 Å². The van der Waals surface area contributed by atoms with Crippen LogP contribution in [0.15, 0.2) is 30.3 Å². The van der Waals surface area contributed by atoms with Gasteiger partial charge in [0.15, 0.2) is 0 Å². The van der Waals surface area contributed by atoms with Crippen LogP contribution in [0.25, 0.3) is 0 Å². The van der Waals surface area contributed by atoms with Crippen LogP contribution in [0.1, 0.15) is 25.3 Å². The largest absolute Gasteiger partial charge is 0.266 e. The maximum atomic E-state index is 7.96. The Balaban J connectivity index is 0.00000162. The number of benzene rings is 1. The molecule has 1 N–H and O–H groups in total. The molecule has 5 nitrogen and oxygen atoms in total. The van der Waals surface area contributed by atoms with E-state index in [9.17, 15) is 0 Å². The average Bonchev–Trinajstić information content (AvgIpc) is 2.70. The highest BCUT2D eigenvalue weighted by atomic mass is 35.5. The first kappa shape index (κ1) is 14.4. The summed E-state index contributed by atoms with van der Waals surface area (Å²) in [4.78, 5) is 0. The van der Waals surface area contributed by atoms with Crippen LogP contribution in [-0.2, 0) is 13.1 Å². The lowest BCUT2D eigenvalue weighted by molar-refractivity contribution is 0.527. The molecule has 0 saturated heterocycles. The molecule has 0 unspecified atom stereocenters. The molecule has 1 aromatic carbocycles. The van der Waals surface area contributed by atoms with Gasteiger partial charge in [-0.3, -0.25) is 5.41 Å². The van der Waals surface area contributed by atoms with Crippen molar-refractivity contribution in [3.05, 3.63) is 41.5 Å². The van der Waals surface area contributed by atoms with Crippen molar-refractivity contribution in [3.63, 3.8) is 0 Å². The van der Waals surface area contributed by atoms with Crippen molar-refractivity contribution in [1.82, 2.24) is 19.8 Å². The molecule has 0 aliphatic carbocycles. The fourth-order valence-corrected chi connectivity index (χ4v) is 1.64. The molecule has 0 aliphatic heterocycles. The minimum atomic E-state index is 0. The van der Waals surface area contributed by atoms with Gasteiger partial charge in [0.1, 0.15) is 0 Å². The van der Waals surface area contributed by atoms with Gasteiger partial charge in [-0.25, -0.2) is 9.36 Å². The van der Waals surface area contributed by atoms with Crippen molar-refractivity contribution in [1.29, 1.82) is 5.41 Å². The van der Waals surface area contributed by atoms with Crippen molar-refractivity contribution in [2.24, 2.45) is 0 Å². The predicted octanol–water partition coefficient (Wildman–Crippen LogP) is 1.83. The predicted molar refractivity (Wildman–Crippen MR) is 71.6 cm³/mol. The van der Waals surface area contributed by atoms with Crippen molar-refractivity contribution < 1.29 is 0 Å². The van der Waals surface area contributed by atoms with E-state index in [1.54, 1.807) is 9.36 Å². The second kappa shape index (κ2) is 6.96. The summed E-state index contributed by atoms with van der Waals surface area (Å²) in [5.74, 6) is 0. The Labute approximate surface area is 112 Å². The number of hydrogen-bond acceptors (Lipinski definition) is 3. The Hall–Kier alpha value is -1.62. The first-order valence-corrected chi connectivity index (χ1v) is 5.90. The molecule has 98 valence electrons. The number of unbranched alkanes of at least 4 members (excludes halogenated alkanes) is 1. The lowest BCUT2D eigenvalue weighted by atomic mass is 10.2. The van der Waals surface area contributed by atoms with Crippen LogP contribution < -0.4 is 5.62 Å². The Bertz CT molecular complexity index is 517. The molecule has 0 saturated carbocycles. The maximum Gasteiger partial charge on any atom is 0.238 e. The summed E-state index contributed by atoms with van der Waals surface area (Å²) in [7, 11) is 0. The minimum absolute atomic E-state index is 0. The molecular formula is C12H18ClN5. The van der Waals surface area contributed by atoms with Gasteiger partial charge in [-0.05, 0) is 22.4 Å². The smallest absolute Gasteiger partial charge is 0.238 e. The molecule has 0 amide bonds. The van der Waals surface area contributed by atoms with Crippen molar-refractivity contribution in [2.45, 2.75) is 32.9 Å². The van der Waals surface area contributed by atoms with Crippen molar-refractivity contribution in [2.75, 3.05) is 0 Å². The molecule has 0 bridgehead atoms. The van der Waals surface area contributed by atoms with Gasteiger partial charge in [0, 0.05) is 6.54 Å². The summed E-state index contributed by atoms with van der Waals surface area (Å²) >= 11 is 0. The van der Waals surface area contributed by atoms with E-state index < -0.39 is 0 Å². The molecule has 1 aromatic heterocycles. The molecule has 0 atom stereocenters. The number of tetrazole rings is 1. The van der Waals surface area contributed by atoms with Crippen LogP contribution in [-0.4, -0.2) is 19.8 Å². The van der Waals surface area contributed by atoms with E-state index in [-0.39, 0.29) is 12.4 Å². The maximum absolute atomic E-state index is 7.96. The highest BCUT2D eigenvalue weighted by Gasteiger charge is 2.03. The van der Waals surface area contributed by atoms with E-state index in [0.29, 0.717) is 12.2 Å². The molecule has 0 aliphatic rings. The second-order valence-electron chi connectivity index (χ2n) is 4.02. The molecule has 2 rings (SSSR count). The fraction of sp³-hybridized carbons (Fsp3) is 0.417. The molecule has 0 spiro atoms. The van der Waals surface area contributed by atoms with Gasteiger partial charge in [-0.2, -0.15) is 0 Å². The fourth-order valence-electron chi connectivity index (χ4n) is 1.64. The van der Waals surface area contributed by atoms with Gasteiger partial charge in [0.05, 0.1) is 6.54 Å². The van der Waals surface area contributed by atoms with Gasteiger partial charge in [-0.15, -0.1) is 12.4 Å².